The van der Waals surface area contributed by atoms with Crippen LogP contribution < -0.4 is 4.74 Å². The first kappa shape index (κ1) is 25.7. The maximum absolute atomic E-state index is 14.3. The van der Waals surface area contributed by atoms with Gasteiger partial charge in [-0.3, -0.25) is 8.37 Å². The van der Waals surface area contributed by atoms with Gasteiger partial charge in [-0.05, 0) is 31.8 Å². The molecule has 0 fully saturated rings. The highest BCUT2D eigenvalue weighted by Gasteiger charge is 2.38. The lowest BCUT2D eigenvalue weighted by Gasteiger charge is -2.08. The molecule has 5 rings (SSSR count). The minimum Gasteiger partial charge on any atom is -0.497 e. The Bertz CT molecular complexity index is 1610. The van der Waals surface area contributed by atoms with E-state index in [1.807, 2.05) is 14.1 Å². The Balaban J connectivity index is 1.72. The van der Waals surface area contributed by atoms with Crippen molar-refractivity contribution in [2.45, 2.75) is 12.7 Å². The van der Waals surface area contributed by atoms with Gasteiger partial charge in [0.15, 0.2) is 17.5 Å². The highest BCUT2D eigenvalue weighted by molar-refractivity contribution is 7.95. The van der Waals surface area contributed by atoms with Crippen LogP contribution in [0.1, 0.15) is 11.4 Å². The number of hydrogen-bond acceptors (Lipinski definition) is 7. The third-order valence-electron chi connectivity index (χ3n) is 5.35. The number of methoxy groups -OCH3 is 1. The van der Waals surface area contributed by atoms with Crippen LogP contribution in [0.3, 0.4) is 0 Å². The van der Waals surface area contributed by atoms with Crippen molar-refractivity contribution in [2.24, 2.45) is 0 Å². The molecular weight excluding hydrogens is 531 g/mol. The number of rotatable bonds is 7. The van der Waals surface area contributed by atoms with Crippen molar-refractivity contribution < 1.29 is 26.7 Å². The summed E-state index contributed by atoms with van der Waals surface area (Å²) in [7, 11) is 5.11. The Labute approximate surface area is 216 Å². The summed E-state index contributed by atoms with van der Waals surface area (Å²) in [5.41, 5.74) is 0.858. The fraction of sp³-hybridized carbons (Fsp3) is 0.217. The normalized spacial score (nSPS) is 12.1. The summed E-state index contributed by atoms with van der Waals surface area (Å²) < 4.78 is 80.3. The molecule has 0 bridgehead atoms. The topological polar surface area (TPSA) is 78.3 Å². The van der Waals surface area contributed by atoms with E-state index in [4.69, 9.17) is 4.74 Å². The summed E-state index contributed by atoms with van der Waals surface area (Å²) in [5.74, 6) is -3.38. The molecule has 0 saturated heterocycles. The molecule has 198 valence electrons. The zero-order valence-corrected chi connectivity index (χ0v) is 20.9. The standard InChI is InChI=1S/C23H19F5N8OS/c1-33(2)38-34-11-17(29-12-34)20-19(30-18-8-15(24)16(25)10-35(18)20)21-31-22(23(26,27)28)32-36(21)9-13-4-6-14(37-3)7-5-13/h4-8,10-12H,9H2,1-3H3. The molecule has 4 heterocycles. The van der Waals surface area contributed by atoms with Crippen molar-refractivity contribution in [1.82, 2.24) is 37.4 Å². The smallest absolute Gasteiger partial charge is 0.453 e. The summed E-state index contributed by atoms with van der Waals surface area (Å²) in [5, 5.41) is 3.70. The van der Waals surface area contributed by atoms with Crippen molar-refractivity contribution in [3.8, 4) is 28.7 Å². The number of benzene rings is 1. The number of nitrogens with zero attached hydrogens (tertiary/aromatic N) is 8. The van der Waals surface area contributed by atoms with Gasteiger partial charge in [-0.15, -0.1) is 5.10 Å². The summed E-state index contributed by atoms with van der Waals surface area (Å²) in [6.07, 6.45) is -0.912. The average Bonchev–Trinajstić information content (AvgIpc) is 3.56. The van der Waals surface area contributed by atoms with Crippen LogP contribution in [0.25, 0.3) is 28.6 Å². The zero-order chi connectivity index (χ0) is 27.2. The van der Waals surface area contributed by atoms with Gasteiger partial charge < -0.3 is 4.74 Å². The SMILES string of the molecule is COc1ccc(Cn2nc(C(F)(F)F)nc2-c2nc3cc(F)c(F)cn3c2-c2cn(SN(C)C)cn2)cc1. The Morgan fingerprint density at radius 1 is 1.03 bits per heavy atom. The predicted molar refractivity (Wildman–Crippen MR) is 129 cm³/mol. The number of fused-ring (bicyclic) bond motifs is 1. The van der Waals surface area contributed by atoms with E-state index in [2.05, 4.69) is 20.1 Å². The van der Waals surface area contributed by atoms with Gasteiger partial charge in [0.2, 0.25) is 0 Å². The summed E-state index contributed by atoms with van der Waals surface area (Å²) in [6, 6.07) is 7.52. The van der Waals surface area contributed by atoms with Crippen LogP contribution in [0.4, 0.5) is 22.0 Å². The molecule has 0 radical (unpaired) electrons. The van der Waals surface area contributed by atoms with Gasteiger partial charge in [0.1, 0.15) is 34.8 Å². The highest BCUT2D eigenvalue weighted by atomic mass is 32.2. The lowest BCUT2D eigenvalue weighted by Crippen LogP contribution is -2.09. The van der Waals surface area contributed by atoms with Crippen LogP contribution in [-0.2, 0) is 12.7 Å². The molecule has 0 aliphatic heterocycles. The van der Waals surface area contributed by atoms with Gasteiger partial charge in [-0.25, -0.2) is 32.7 Å². The Kier molecular flexibility index (Phi) is 6.56. The number of alkyl halides is 3. The van der Waals surface area contributed by atoms with Gasteiger partial charge in [-0.2, -0.15) is 13.2 Å². The number of pyridine rings is 1. The molecule has 0 unspecified atom stereocenters. The van der Waals surface area contributed by atoms with Gasteiger partial charge in [0, 0.05) is 30.6 Å². The zero-order valence-electron chi connectivity index (χ0n) is 20.1. The van der Waals surface area contributed by atoms with Gasteiger partial charge >= 0.3 is 6.18 Å². The molecule has 0 aliphatic carbocycles. The highest BCUT2D eigenvalue weighted by Crippen LogP contribution is 2.35. The molecule has 0 saturated carbocycles. The van der Waals surface area contributed by atoms with E-state index < -0.39 is 23.6 Å². The molecule has 5 aromatic rings. The fourth-order valence-electron chi connectivity index (χ4n) is 3.75. The molecule has 0 N–H and O–H groups in total. The molecule has 15 heteroatoms. The minimum atomic E-state index is -4.85. The maximum Gasteiger partial charge on any atom is 0.453 e. The third kappa shape index (κ3) is 4.93. The quantitative estimate of drug-likeness (QED) is 0.213. The molecule has 0 atom stereocenters. The van der Waals surface area contributed by atoms with Crippen molar-refractivity contribution in [2.75, 3.05) is 21.2 Å². The van der Waals surface area contributed by atoms with E-state index in [1.165, 1.54) is 30.0 Å². The van der Waals surface area contributed by atoms with Crippen LogP contribution >= 0.6 is 12.1 Å². The second kappa shape index (κ2) is 9.72. The van der Waals surface area contributed by atoms with E-state index in [0.717, 1.165) is 16.9 Å². The fourth-order valence-corrected chi connectivity index (χ4v) is 4.37. The predicted octanol–water partition coefficient (Wildman–Crippen LogP) is 4.78. The molecule has 0 amide bonds. The van der Waals surface area contributed by atoms with Crippen molar-refractivity contribution >= 4 is 17.8 Å². The molecule has 0 spiro atoms. The summed E-state index contributed by atoms with van der Waals surface area (Å²) >= 11 is 1.28. The Hall–Kier alpha value is -3.98. The van der Waals surface area contributed by atoms with Crippen LogP contribution in [0, 0.1) is 11.6 Å². The average molecular weight is 551 g/mol. The largest absolute Gasteiger partial charge is 0.497 e. The number of halogens is 5. The second-order valence-corrected chi connectivity index (χ2v) is 9.60. The maximum atomic E-state index is 14.3. The van der Waals surface area contributed by atoms with E-state index in [-0.39, 0.29) is 35.1 Å². The first-order valence-corrected chi connectivity index (χ1v) is 11.7. The molecule has 4 aromatic heterocycles. The van der Waals surface area contributed by atoms with Gasteiger partial charge in [0.05, 0.1) is 13.7 Å². The van der Waals surface area contributed by atoms with Crippen molar-refractivity contribution in [3.63, 3.8) is 0 Å². The number of ether oxygens (including phenoxy) is 1. The lowest BCUT2D eigenvalue weighted by atomic mass is 10.2. The third-order valence-corrected chi connectivity index (χ3v) is 6.07. The van der Waals surface area contributed by atoms with Crippen LogP contribution in [0.2, 0.25) is 0 Å². The van der Waals surface area contributed by atoms with E-state index in [1.54, 1.807) is 38.7 Å². The van der Waals surface area contributed by atoms with E-state index >= 15 is 0 Å². The van der Waals surface area contributed by atoms with E-state index in [0.29, 0.717) is 11.3 Å². The monoisotopic (exact) mass is 550 g/mol. The summed E-state index contributed by atoms with van der Waals surface area (Å²) in [6.45, 7) is -0.0939. The lowest BCUT2D eigenvalue weighted by molar-refractivity contribution is -0.144. The number of hydrogen-bond donors (Lipinski definition) is 0. The van der Waals surface area contributed by atoms with Gasteiger partial charge in [0.25, 0.3) is 5.82 Å². The van der Waals surface area contributed by atoms with E-state index in [9.17, 15) is 22.0 Å². The first-order valence-electron chi connectivity index (χ1n) is 11.0. The van der Waals surface area contributed by atoms with Crippen molar-refractivity contribution in [1.29, 1.82) is 0 Å². The summed E-state index contributed by atoms with van der Waals surface area (Å²) in [4.78, 5) is 12.4. The molecule has 38 heavy (non-hydrogen) atoms. The number of imidazole rings is 2. The van der Waals surface area contributed by atoms with Crippen molar-refractivity contribution in [3.05, 3.63) is 72.1 Å². The Morgan fingerprint density at radius 3 is 2.42 bits per heavy atom. The Morgan fingerprint density at radius 2 is 1.76 bits per heavy atom. The van der Waals surface area contributed by atoms with Gasteiger partial charge in [-0.1, -0.05) is 12.1 Å². The van der Waals surface area contributed by atoms with Crippen LogP contribution in [-0.4, -0.2) is 58.6 Å². The first-order chi connectivity index (χ1) is 18.0. The molecule has 0 aliphatic rings. The molecular formula is C23H19F5N8OS. The molecule has 1 aromatic carbocycles. The van der Waals surface area contributed by atoms with Crippen LogP contribution in [0.15, 0.2) is 49.1 Å². The minimum absolute atomic E-state index is 0.0451. The second-order valence-electron chi connectivity index (χ2n) is 8.28. The number of aromatic nitrogens is 7. The molecule has 9 nitrogen and oxygen atoms in total. The van der Waals surface area contributed by atoms with Crippen LogP contribution in [0.5, 0.6) is 5.75 Å².